The number of aromatic nitrogens is 2. The zero-order valence-corrected chi connectivity index (χ0v) is 15.2. The number of benzene rings is 2. The molecule has 2 N–H and O–H groups in total. The molecule has 6 heteroatoms. The van der Waals surface area contributed by atoms with E-state index in [-0.39, 0.29) is 0 Å². The van der Waals surface area contributed by atoms with Gasteiger partial charge in [-0.1, -0.05) is 17.7 Å². The van der Waals surface area contributed by atoms with Crippen molar-refractivity contribution in [3.8, 4) is 0 Å². The molecule has 0 radical (unpaired) electrons. The van der Waals surface area contributed by atoms with E-state index in [2.05, 4.69) is 37.6 Å². The second-order valence-electron chi connectivity index (χ2n) is 5.92. The second-order valence-corrected chi connectivity index (χ2v) is 6.36. The van der Waals surface area contributed by atoms with Crippen LogP contribution in [0.15, 0.2) is 54.6 Å². The first-order valence-electron chi connectivity index (χ1n) is 7.92. The maximum absolute atomic E-state index is 6.02. The number of nitrogens with one attached hydrogen (secondary N) is 2. The summed E-state index contributed by atoms with van der Waals surface area (Å²) in [6.45, 7) is 1.94. The summed E-state index contributed by atoms with van der Waals surface area (Å²) in [6, 6.07) is 17.5. The van der Waals surface area contributed by atoms with Crippen molar-refractivity contribution in [1.82, 2.24) is 9.97 Å². The average molecular weight is 354 g/mol. The highest BCUT2D eigenvalue weighted by molar-refractivity contribution is 6.30. The highest BCUT2D eigenvalue weighted by Crippen LogP contribution is 2.22. The Morgan fingerprint density at radius 3 is 2.32 bits per heavy atom. The predicted molar refractivity (Wildman–Crippen MR) is 106 cm³/mol. The molecule has 3 rings (SSSR count). The zero-order chi connectivity index (χ0) is 17.8. The third-order valence-electron chi connectivity index (χ3n) is 3.59. The van der Waals surface area contributed by atoms with Gasteiger partial charge in [-0.25, -0.2) is 4.98 Å². The van der Waals surface area contributed by atoms with E-state index in [1.54, 1.807) is 0 Å². The first-order valence-corrected chi connectivity index (χ1v) is 8.30. The molecule has 5 nitrogen and oxygen atoms in total. The molecule has 0 atom stereocenters. The van der Waals surface area contributed by atoms with Gasteiger partial charge in [-0.2, -0.15) is 4.98 Å². The molecule has 0 saturated carbocycles. The number of hydrogen-bond donors (Lipinski definition) is 2. The Morgan fingerprint density at radius 1 is 0.880 bits per heavy atom. The van der Waals surface area contributed by atoms with Crippen LogP contribution in [-0.2, 0) is 0 Å². The minimum atomic E-state index is 0.523. The van der Waals surface area contributed by atoms with E-state index in [1.165, 1.54) is 0 Å². The van der Waals surface area contributed by atoms with Crippen LogP contribution in [0.3, 0.4) is 0 Å². The topological polar surface area (TPSA) is 53.1 Å². The summed E-state index contributed by atoms with van der Waals surface area (Å²) in [7, 11) is 4.04. The molecule has 0 aliphatic rings. The minimum Gasteiger partial charge on any atom is -0.378 e. The fourth-order valence-electron chi connectivity index (χ4n) is 2.37. The number of hydrogen-bond acceptors (Lipinski definition) is 5. The van der Waals surface area contributed by atoms with Gasteiger partial charge in [-0.3, -0.25) is 0 Å². The van der Waals surface area contributed by atoms with Crippen molar-refractivity contribution in [2.24, 2.45) is 0 Å². The summed E-state index contributed by atoms with van der Waals surface area (Å²) < 4.78 is 0. The Bertz CT molecular complexity index is 862. The normalized spacial score (nSPS) is 10.4. The van der Waals surface area contributed by atoms with Gasteiger partial charge in [0, 0.05) is 47.9 Å². The number of aryl methyl sites for hydroxylation is 1. The van der Waals surface area contributed by atoms with Crippen LogP contribution in [0.5, 0.6) is 0 Å². The highest BCUT2D eigenvalue weighted by atomic mass is 35.5. The van der Waals surface area contributed by atoms with E-state index in [0.717, 1.165) is 28.6 Å². The van der Waals surface area contributed by atoms with E-state index in [4.69, 9.17) is 11.6 Å². The van der Waals surface area contributed by atoms with Gasteiger partial charge in [0.25, 0.3) is 0 Å². The van der Waals surface area contributed by atoms with Gasteiger partial charge in [-0.05, 0) is 49.4 Å². The SMILES string of the molecule is Cc1cc(Nc2ccc(N(C)C)cc2)nc(Nc2cccc(Cl)c2)n1. The van der Waals surface area contributed by atoms with Crippen LogP contribution >= 0.6 is 11.6 Å². The summed E-state index contributed by atoms with van der Waals surface area (Å²) in [5.74, 6) is 1.25. The van der Waals surface area contributed by atoms with Gasteiger partial charge < -0.3 is 15.5 Å². The van der Waals surface area contributed by atoms with Gasteiger partial charge in [0.05, 0.1) is 0 Å². The van der Waals surface area contributed by atoms with Crippen LogP contribution in [-0.4, -0.2) is 24.1 Å². The van der Waals surface area contributed by atoms with Gasteiger partial charge in [0.2, 0.25) is 5.95 Å². The van der Waals surface area contributed by atoms with E-state index in [9.17, 15) is 0 Å². The molecule has 0 amide bonds. The van der Waals surface area contributed by atoms with Crippen molar-refractivity contribution in [1.29, 1.82) is 0 Å². The minimum absolute atomic E-state index is 0.523. The van der Waals surface area contributed by atoms with Crippen molar-refractivity contribution in [3.63, 3.8) is 0 Å². The van der Waals surface area contributed by atoms with E-state index < -0.39 is 0 Å². The molecular formula is C19H20ClN5. The molecule has 3 aromatic rings. The lowest BCUT2D eigenvalue weighted by Crippen LogP contribution is -2.08. The lowest BCUT2D eigenvalue weighted by atomic mass is 10.2. The highest BCUT2D eigenvalue weighted by Gasteiger charge is 2.04. The van der Waals surface area contributed by atoms with E-state index in [1.807, 2.05) is 63.5 Å². The first kappa shape index (κ1) is 17.0. The molecule has 0 saturated heterocycles. The fourth-order valence-corrected chi connectivity index (χ4v) is 2.56. The maximum Gasteiger partial charge on any atom is 0.229 e. The number of nitrogens with zero attached hydrogens (tertiary/aromatic N) is 3. The van der Waals surface area contributed by atoms with Crippen LogP contribution in [0.25, 0.3) is 0 Å². The monoisotopic (exact) mass is 353 g/mol. The summed E-state index contributed by atoms with van der Waals surface area (Å²) in [5.41, 5.74) is 3.83. The first-order chi connectivity index (χ1) is 12.0. The molecule has 2 aromatic carbocycles. The van der Waals surface area contributed by atoms with Crippen molar-refractivity contribution < 1.29 is 0 Å². The van der Waals surface area contributed by atoms with E-state index >= 15 is 0 Å². The molecule has 128 valence electrons. The summed E-state index contributed by atoms with van der Waals surface area (Å²) in [4.78, 5) is 11.0. The smallest absolute Gasteiger partial charge is 0.229 e. The van der Waals surface area contributed by atoms with Gasteiger partial charge >= 0.3 is 0 Å². The predicted octanol–water partition coefficient (Wildman–Crippen LogP) is 4.99. The Balaban J connectivity index is 1.79. The lowest BCUT2D eigenvalue weighted by Gasteiger charge is -2.14. The van der Waals surface area contributed by atoms with Gasteiger partial charge in [-0.15, -0.1) is 0 Å². The molecule has 0 aliphatic heterocycles. The molecule has 25 heavy (non-hydrogen) atoms. The maximum atomic E-state index is 6.02. The van der Waals surface area contributed by atoms with Gasteiger partial charge in [0.15, 0.2) is 0 Å². The summed E-state index contributed by atoms with van der Waals surface area (Å²) >= 11 is 6.02. The van der Waals surface area contributed by atoms with Crippen molar-refractivity contribution in [3.05, 3.63) is 65.3 Å². The van der Waals surface area contributed by atoms with Crippen molar-refractivity contribution in [2.75, 3.05) is 29.6 Å². The molecule has 1 heterocycles. The Kier molecular flexibility index (Phi) is 5.05. The van der Waals surface area contributed by atoms with Crippen LogP contribution in [0.1, 0.15) is 5.69 Å². The van der Waals surface area contributed by atoms with E-state index in [0.29, 0.717) is 11.0 Å². The Morgan fingerprint density at radius 2 is 1.64 bits per heavy atom. The lowest BCUT2D eigenvalue weighted by molar-refractivity contribution is 1.11. The van der Waals surface area contributed by atoms with Crippen LogP contribution in [0, 0.1) is 6.92 Å². The standard InChI is InChI=1S/C19H20ClN5/c1-13-11-18(22-15-7-9-17(10-8-15)25(2)3)24-19(21-13)23-16-6-4-5-14(20)12-16/h4-12H,1-3H3,(H2,21,22,23,24). The average Bonchev–Trinajstić information content (AvgIpc) is 2.54. The molecule has 0 bridgehead atoms. The van der Waals surface area contributed by atoms with Gasteiger partial charge in [0.1, 0.15) is 5.82 Å². The molecule has 0 fully saturated rings. The molecular weight excluding hydrogens is 334 g/mol. The third-order valence-corrected chi connectivity index (χ3v) is 3.83. The second kappa shape index (κ2) is 7.40. The van der Waals surface area contributed by atoms with Crippen LogP contribution < -0.4 is 15.5 Å². The number of halogens is 1. The molecule has 0 spiro atoms. The van der Waals surface area contributed by atoms with Crippen molar-refractivity contribution in [2.45, 2.75) is 6.92 Å². The molecule has 0 unspecified atom stereocenters. The molecule has 0 aliphatic carbocycles. The van der Waals surface area contributed by atoms with Crippen LogP contribution in [0.4, 0.5) is 28.8 Å². The quantitative estimate of drug-likeness (QED) is 0.676. The third kappa shape index (κ3) is 4.61. The number of rotatable bonds is 5. The molecule has 1 aromatic heterocycles. The zero-order valence-electron chi connectivity index (χ0n) is 14.4. The number of anilines is 5. The summed E-state index contributed by atoms with van der Waals surface area (Å²) in [6.07, 6.45) is 0. The summed E-state index contributed by atoms with van der Waals surface area (Å²) in [5, 5.41) is 7.16. The Labute approximate surface area is 152 Å². The largest absolute Gasteiger partial charge is 0.378 e. The Hall–Kier alpha value is -2.79. The van der Waals surface area contributed by atoms with Crippen LogP contribution in [0.2, 0.25) is 5.02 Å². The van der Waals surface area contributed by atoms with Crippen molar-refractivity contribution >= 4 is 40.4 Å². The fraction of sp³-hybridized carbons (Fsp3) is 0.158.